The second-order valence-corrected chi connectivity index (χ2v) is 5.68. The Bertz CT molecular complexity index is 414. The largest absolute Gasteiger partial charge is 0.370 e. The summed E-state index contributed by atoms with van der Waals surface area (Å²) in [6, 6.07) is 2.16. The fraction of sp³-hybridized carbons (Fsp3) is 0.714. The van der Waals surface area contributed by atoms with Crippen LogP contribution in [-0.2, 0) is 9.53 Å². The minimum absolute atomic E-state index is 0.156. The van der Waals surface area contributed by atoms with Gasteiger partial charge in [-0.25, -0.2) is 0 Å². The normalized spacial score (nSPS) is 40.7. The molecule has 2 aliphatic rings. The Morgan fingerprint density at radius 2 is 2.24 bits per heavy atom. The van der Waals surface area contributed by atoms with Gasteiger partial charge in [-0.1, -0.05) is 13.0 Å². The summed E-state index contributed by atoms with van der Waals surface area (Å²) in [7, 11) is 0. The molecule has 1 heterocycles. The van der Waals surface area contributed by atoms with Gasteiger partial charge in [0.25, 0.3) is 0 Å². The standard InChI is InChI=1S/C14H19NO2/c1-10-5-6-11(14(3)9-17-14)13(2,12(10)16)7-4-8-15/h5,11H,4,6-7,9H2,1-3H3/t11?,13-,14?/m0/s1. The quantitative estimate of drug-likeness (QED) is 0.704. The van der Waals surface area contributed by atoms with Gasteiger partial charge in [-0.15, -0.1) is 0 Å². The van der Waals surface area contributed by atoms with Crippen LogP contribution in [0.15, 0.2) is 11.6 Å². The third-order valence-corrected chi connectivity index (χ3v) is 4.40. The number of hydrogen-bond donors (Lipinski definition) is 0. The Morgan fingerprint density at radius 1 is 1.59 bits per heavy atom. The van der Waals surface area contributed by atoms with Gasteiger partial charge in [-0.3, -0.25) is 4.79 Å². The molecule has 1 saturated heterocycles. The molecule has 0 aromatic heterocycles. The summed E-state index contributed by atoms with van der Waals surface area (Å²) in [6.07, 6.45) is 3.98. The molecule has 92 valence electrons. The van der Waals surface area contributed by atoms with E-state index in [1.165, 1.54) is 0 Å². The molecular formula is C14H19NO2. The van der Waals surface area contributed by atoms with Crippen molar-refractivity contribution in [3.05, 3.63) is 11.6 Å². The molecule has 0 bridgehead atoms. The van der Waals surface area contributed by atoms with Crippen LogP contribution < -0.4 is 0 Å². The molecule has 1 aliphatic heterocycles. The Hall–Kier alpha value is -1.14. The minimum atomic E-state index is -0.431. The second-order valence-electron chi connectivity index (χ2n) is 5.68. The first-order valence-corrected chi connectivity index (χ1v) is 6.16. The molecule has 0 saturated carbocycles. The summed E-state index contributed by atoms with van der Waals surface area (Å²) < 4.78 is 5.53. The van der Waals surface area contributed by atoms with Crippen LogP contribution in [0, 0.1) is 22.7 Å². The third-order valence-electron chi connectivity index (χ3n) is 4.40. The number of rotatable bonds is 3. The predicted octanol–water partition coefficient (Wildman–Crippen LogP) is 2.62. The molecule has 2 unspecified atom stereocenters. The monoisotopic (exact) mass is 233 g/mol. The lowest BCUT2D eigenvalue weighted by atomic mass is 9.61. The maximum atomic E-state index is 12.4. The van der Waals surface area contributed by atoms with Crippen LogP contribution in [0.1, 0.15) is 40.0 Å². The van der Waals surface area contributed by atoms with Crippen LogP contribution in [0.2, 0.25) is 0 Å². The van der Waals surface area contributed by atoms with Crippen LogP contribution >= 0.6 is 0 Å². The van der Waals surface area contributed by atoms with E-state index in [4.69, 9.17) is 10.00 Å². The Kier molecular flexibility index (Phi) is 2.87. The van der Waals surface area contributed by atoms with Gasteiger partial charge in [0.2, 0.25) is 0 Å². The van der Waals surface area contributed by atoms with E-state index in [2.05, 4.69) is 13.0 Å². The number of hydrogen-bond acceptors (Lipinski definition) is 3. The van der Waals surface area contributed by atoms with Crippen molar-refractivity contribution in [3.8, 4) is 6.07 Å². The molecule has 0 amide bonds. The van der Waals surface area contributed by atoms with E-state index < -0.39 is 5.41 Å². The zero-order valence-electron chi connectivity index (χ0n) is 10.7. The Morgan fingerprint density at radius 3 is 2.76 bits per heavy atom. The summed E-state index contributed by atoms with van der Waals surface area (Å²) in [4.78, 5) is 12.4. The van der Waals surface area contributed by atoms with E-state index in [-0.39, 0.29) is 17.3 Å². The number of carbonyl (C=O) groups excluding carboxylic acids is 1. The number of nitriles is 1. The molecule has 1 fully saturated rings. The number of Topliss-reactive ketones (excluding diaryl/α,β-unsaturated/α-hetero) is 1. The number of allylic oxidation sites excluding steroid dienone is 2. The van der Waals surface area contributed by atoms with Crippen molar-refractivity contribution in [2.24, 2.45) is 11.3 Å². The van der Waals surface area contributed by atoms with Gasteiger partial charge in [0.05, 0.1) is 18.3 Å². The van der Waals surface area contributed by atoms with Crippen LogP contribution in [0.4, 0.5) is 0 Å². The van der Waals surface area contributed by atoms with Gasteiger partial charge >= 0.3 is 0 Å². The highest BCUT2D eigenvalue weighted by atomic mass is 16.6. The Labute approximate surface area is 102 Å². The van der Waals surface area contributed by atoms with Gasteiger partial charge in [0, 0.05) is 17.8 Å². The third kappa shape index (κ3) is 1.91. The topological polar surface area (TPSA) is 53.4 Å². The highest BCUT2D eigenvalue weighted by molar-refractivity contribution is 6.00. The van der Waals surface area contributed by atoms with Crippen LogP contribution in [-0.4, -0.2) is 18.0 Å². The molecule has 0 spiro atoms. The zero-order chi connectivity index (χ0) is 12.7. The highest BCUT2D eigenvalue weighted by Gasteiger charge is 2.57. The van der Waals surface area contributed by atoms with Crippen molar-refractivity contribution >= 4 is 5.78 Å². The minimum Gasteiger partial charge on any atom is -0.370 e. The molecule has 3 nitrogen and oxygen atoms in total. The second kappa shape index (κ2) is 3.96. The van der Waals surface area contributed by atoms with Gasteiger partial charge in [0.1, 0.15) is 0 Å². The van der Waals surface area contributed by atoms with E-state index in [1.807, 2.05) is 19.9 Å². The van der Waals surface area contributed by atoms with Crippen molar-refractivity contribution < 1.29 is 9.53 Å². The molecule has 3 heteroatoms. The lowest BCUT2D eigenvalue weighted by molar-refractivity contribution is -0.130. The van der Waals surface area contributed by atoms with Gasteiger partial charge in [-0.05, 0) is 32.3 Å². The van der Waals surface area contributed by atoms with Crippen molar-refractivity contribution in [1.29, 1.82) is 5.26 Å². The summed E-state index contributed by atoms with van der Waals surface area (Å²) in [5.41, 5.74) is 0.252. The lowest BCUT2D eigenvalue weighted by Crippen LogP contribution is -2.45. The van der Waals surface area contributed by atoms with Crippen LogP contribution in [0.25, 0.3) is 0 Å². The van der Waals surface area contributed by atoms with Gasteiger partial charge in [0.15, 0.2) is 5.78 Å². The van der Waals surface area contributed by atoms with Crippen molar-refractivity contribution in [1.82, 2.24) is 0 Å². The fourth-order valence-electron chi connectivity index (χ4n) is 3.10. The van der Waals surface area contributed by atoms with Crippen molar-refractivity contribution in [2.75, 3.05) is 6.61 Å². The summed E-state index contributed by atoms with van der Waals surface area (Å²) in [5.74, 6) is 0.403. The smallest absolute Gasteiger partial charge is 0.164 e. The molecule has 1 aliphatic carbocycles. The van der Waals surface area contributed by atoms with Crippen molar-refractivity contribution in [2.45, 2.75) is 45.6 Å². The average molecular weight is 233 g/mol. The molecule has 17 heavy (non-hydrogen) atoms. The lowest BCUT2D eigenvalue weighted by Gasteiger charge is -2.41. The molecular weight excluding hydrogens is 214 g/mol. The SMILES string of the molecule is CC1=CCC(C2(C)CO2)[C@](C)(CCC#N)C1=O. The molecule has 0 aromatic rings. The molecule has 0 aromatic carbocycles. The van der Waals surface area contributed by atoms with Crippen LogP contribution in [0.3, 0.4) is 0 Å². The summed E-state index contributed by atoms with van der Waals surface area (Å²) in [6.45, 7) is 6.68. The van der Waals surface area contributed by atoms with E-state index >= 15 is 0 Å². The predicted molar refractivity (Wildman–Crippen MR) is 64.2 cm³/mol. The van der Waals surface area contributed by atoms with Crippen molar-refractivity contribution in [3.63, 3.8) is 0 Å². The van der Waals surface area contributed by atoms with E-state index in [1.54, 1.807) is 0 Å². The van der Waals surface area contributed by atoms with E-state index in [0.29, 0.717) is 12.8 Å². The number of nitrogens with zero attached hydrogens (tertiary/aromatic N) is 1. The first-order chi connectivity index (χ1) is 7.94. The molecule has 0 N–H and O–H groups in total. The number of ether oxygens (including phenoxy) is 1. The summed E-state index contributed by atoms with van der Waals surface area (Å²) in [5, 5.41) is 8.76. The first kappa shape index (κ1) is 12.3. The summed E-state index contributed by atoms with van der Waals surface area (Å²) >= 11 is 0. The first-order valence-electron chi connectivity index (χ1n) is 6.16. The van der Waals surface area contributed by atoms with E-state index in [0.717, 1.165) is 18.6 Å². The van der Waals surface area contributed by atoms with Crippen LogP contribution in [0.5, 0.6) is 0 Å². The van der Waals surface area contributed by atoms with E-state index in [9.17, 15) is 4.79 Å². The Balaban J connectivity index is 2.31. The maximum absolute atomic E-state index is 12.4. The molecule has 0 radical (unpaired) electrons. The fourth-order valence-corrected chi connectivity index (χ4v) is 3.10. The number of ketones is 1. The zero-order valence-corrected chi connectivity index (χ0v) is 10.7. The highest BCUT2D eigenvalue weighted by Crippen LogP contribution is 2.52. The van der Waals surface area contributed by atoms with Gasteiger partial charge in [-0.2, -0.15) is 5.26 Å². The number of carbonyl (C=O) groups is 1. The van der Waals surface area contributed by atoms with Gasteiger partial charge < -0.3 is 4.74 Å². The maximum Gasteiger partial charge on any atom is 0.164 e. The molecule has 3 atom stereocenters. The molecule has 2 rings (SSSR count). The number of epoxide rings is 1. The average Bonchev–Trinajstić information content (AvgIpc) is 3.02.